The second-order valence-electron chi connectivity index (χ2n) is 14.7. The Labute approximate surface area is 371 Å². The second-order valence-corrected chi connectivity index (χ2v) is 14.7. The van der Waals surface area contributed by atoms with Crippen LogP contribution in [0.5, 0.6) is 0 Å². The molecular formula is C44H82N2O16. The molecule has 3 amide bonds. The number of alkyl carbamates (subject to hydrolysis) is 1. The van der Waals surface area contributed by atoms with Crippen LogP contribution in [0.2, 0.25) is 0 Å². The van der Waals surface area contributed by atoms with Gasteiger partial charge in [-0.15, -0.1) is 5.06 Å². The molecule has 62 heavy (non-hydrogen) atoms. The molecule has 18 heteroatoms. The lowest BCUT2D eigenvalue weighted by molar-refractivity contribution is -0.197. The molecule has 1 aliphatic rings. The molecule has 1 aliphatic heterocycles. The van der Waals surface area contributed by atoms with Gasteiger partial charge in [-0.1, -0.05) is 71.6 Å². The maximum atomic E-state index is 12.6. The summed E-state index contributed by atoms with van der Waals surface area (Å²) in [7, 11) is 0. The second kappa shape index (κ2) is 45.1. The minimum absolute atomic E-state index is 0.0426. The van der Waals surface area contributed by atoms with Crippen LogP contribution >= 0.6 is 0 Å². The highest BCUT2D eigenvalue weighted by atomic mass is 16.7. The van der Waals surface area contributed by atoms with E-state index in [0.717, 1.165) is 26.1 Å². The third kappa shape index (κ3) is 38.0. The number of hydrogen-bond acceptors (Lipinski definition) is 16. The van der Waals surface area contributed by atoms with Crippen molar-refractivity contribution in [3.63, 3.8) is 0 Å². The number of hydroxylamine groups is 2. The lowest BCUT2D eigenvalue weighted by atomic mass is 10.2. The fourth-order valence-corrected chi connectivity index (χ4v) is 5.68. The lowest BCUT2D eigenvalue weighted by Gasteiger charge is -2.19. The molecule has 0 aromatic rings. The molecule has 0 unspecified atom stereocenters. The summed E-state index contributed by atoms with van der Waals surface area (Å²) in [6.45, 7) is 13.6. The SMILES string of the molecule is CCCCCCCOCCOCCOCCOCCOCC(COCCOCCOCCOCCOCCCCCCC)OC(=O)NCCCCCC(=O)ON1C(=O)CCC1=O. The number of carbonyl (C=O) groups is 4. The third-order valence-electron chi connectivity index (χ3n) is 9.17. The first kappa shape index (κ1) is 57.5. The molecule has 1 fully saturated rings. The van der Waals surface area contributed by atoms with Crippen LogP contribution < -0.4 is 5.32 Å². The van der Waals surface area contributed by atoms with Crippen LogP contribution in [0, 0.1) is 0 Å². The number of nitrogens with zero attached hydrogens (tertiary/aromatic N) is 1. The first-order valence-electron chi connectivity index (χ1n) is 23.3. The van der Waals surface area contributed by atoms with Gasteiger partial charge in [0.25, 0.3) is 11.8 Å². The van der Waals surface area contributed by atoms with Gasteiger partial charge < -0.3 is 62.3 Å². The monoisotopic (exact) mass is 895 g/mol. The van der Waals surface area contributed by atoms with Crippen LogP contribution in [-0.2, 0) is 71.3 Å². The van der Waals surface area contributed by atoms with Crippen molar-refractivity contribution >= 4 is 23.9 Å². The van der Waals surface area contributed by atoms with Crippen molar-refractivity contribution in [2.45, 2.75) is 123 Å². The zero-order valence-corrected chi connectivity index (χ0v) is 38.2. The molecule has 0 saturated carbocycles. The van der Waals surface area contributed by atoms with Crippen LogP contribution in [0.15, 0.2) is 0 Å². The fraction of sp³-hybridized carbons (Fsp3) is 0.909. The predicted octanol–water partition coefficient (Wildman–Crippen LogP) is 5.36. The molecule has 1 N–H and O–H groups in total. The van der Waals surface area contributed by atoms with Crippen LogP contribution in [0.3, 0.4) is 0 Å². The number of imide groups is 1. The molecule has 0 spiro atoms. The van der Waals surface area contributed by atoms with Crippen LogP contribution in [0.1, 0.15) is 117 Å². The topological polar surface area (TPSA) is 194 Å². The van der Waals surface area contributed by atoms with Gasteiger partial charge in [-0.25, -0.2) is 9.59 Å². The first-order chi connectivity index (χ1) is 30.5. The summed E-state index contributed by atoms with van der Waals surface area (Å²) in [4.78, 5) is 52.6. The van der Waals surface area contributed by atoms with Crippen molar-refractivity contribution in [3.8, 4) is 0 Å². The van der Waals surface area contributed by atoms with Gasteiger partial charge in [0.1, 0.15) is 0 Å². The Morgan fingerprint density at radius 2 is 0.823 bits per heavy atom. The van der Waals surface area contributed by atoms with Gasteiger partial charge in [-0.3, -0.25) is 9.59 Å². The Morgan fingerprint density at radius 1 is 0.468 bits per heavy atom. The molecule has 0 aromatic heterocycles. The van der Waals surface area contributed by atoms with Gasteiger partial charge in [0.2, 0.25) is 0 Å². The van der Waals surface area contributed by atoms with E-state index >= 15 is 0 Å². The minimum atomic E-state index is -0.681. The molecule has 1 rings (SSSR count). The van der Waals surface area contributed by atoms with Gasteiger partial charge in [0, 0.05) is 39.0 Å². The standard InChI is InChI=1S/C44H82N2O16/c1-3-5-7-9-14-20-51-22-24-53-26-28-55-30-32-57-34-36-59-38-40(61-44(50)45-19-13-11-12-16-43(49)62-46-41(47)17-18-42(46)48)39-60-37-35-58-33-31-56-29-27-54-25-23-52-21-15-10-8-6-4-2/h40H,3-39H2,1-2H3,(H,45,50). The van der Waals surface area contributed by atoms with Crippen LogP contribution in [0.4, 0.5) is 4.79 Å². The molecule has 0 aromatic carbocycles. The molecule has 364 valence electrons. The third-order valence-corrected chi connectivity index (χ3v) is 9.17. The number of carbonyl (C=O) groups excluding carboxylic acids is 4. The van der Waals surface area contributed by atoms with E-state index < -0.39 is 30.0 Å². The molecule has 18 nitrogen and oxygen atoms in total. The summed E-state index contributed by atoms with van der Waals surface area (Å²) in [6.07, 6.45) is 12.7. The zero-order valence-electron chi connectivity index (χ0n) is 38.2. The molecule has 0 bridgehead atoms. The molecule has 0 atom stereocenters. The van der Waals surface area contributed by atoms with Crippen LogP contribution in [0.25, 0.3) is 0 Å². The average molecular weight is 895 g/mol. The Kier molecular flexibility index (Phi) is 41.8. The van der Waals surface area contributed by atoms with Crippen LogP contribution in [-0.4, -0.2) is 174 Å². The number of hydrogen-bond donors (Lipinski definition) is 1. The van der Waals surface area contributed by atoms with Crippen molar-refractivity contribution in [1.82, 2.24) is 10.4 Å². The van der Waals surface area contributed by atoms with Gasteiger partial charge in [0.15, 0.2) is 6.10 Å². The smallest absolute Gasteiger partial charge is 0.407 e. The normalized spacial score (nSPS) is 12.9. The summed E-state index contributed by atoms with van der Waals surface area (Å²) < 4.78 is 61.5. The van der Waals surface area contributed by atoms with Crippen molar-refractivity contribution in [3.05, 3.63) is 0 Å². The van der Waals surface area contributed by atoms with E-state index in [9.17, 15) is 19.2 Å². The van der Waals surface area contributed by atoms with Crippen molar-refractivity contribution < 1.29 is 76.1 Å². The van der Waals surface area contributed by atoms with Gasteiger partial charge in [0.05, 0.1) is 119 Å². The maximum Gasteiger partial charge on any atom is 0.407 e. The molecule has 1 saturated heterocycles. The summed E-state index contributed by atoms with van der Waals surface area (Å²) in [6, 6.07) is 0. The average Bonchev–Trinajstić information content (AvgIpc) is 3.58. The highest BCUT2D eigenvalue weighted by Gasteiger charge is 2.32. The Bertz CT molecular complexity index is 1000. The fourth-order valence-electron chi connectivity index (χ4n) is 5.68. The number of rotatable bonds is 48. The van der Waals surface area contributed by atoms with Crippen molar-refractivity contribution in [2.24, 2.45) is 0 Å². The Morgan fingerprint density at radius 3 is 1.23 bits per heavy atom. The number of ether oxygens (including phenoxy) is 11. The van der Waals surface area contributed by atoms with Crippen molar-refractivity contribution in [1.29, 1.82) is 0 Å². The van der Waals surface area contributed by atoms with Gasteiger partial charge >= 0.3 is 12.1 Å². The first-order valence-corrected chi connectivity index (χ1v) is 23.3. The van der Waals surface area contributed by atoms with Crippen molar-refractivity contribution in [2.75, 3.05) is 139 Å². The number of amides is 3. The van der Waals surface area contributed by atoms with E-state index in [-0.39, 0.29) is 45.7 Å². The van der Waals surface area contributed by atoms with E-state index in [2.05, 4.69) is 19.2 Å². The number of unbranched alkanes of at least 4 members (excludes halogenated alkanes) is 10. The van der Waals surface area contributed by atoms with E-state index in [4.69, 9.17) is 56.9 Å². The predicted molar refractivity (Wildman–Crippen MR) is 230 cm³/mol. The molecule has 0 aliphatic carbocycles. The molecule has 0 radical (unpaired) electrons. The van der Waals surface area contributed by atoms with E-state index in [1.807, 2.05) is 0 Å². The Balaban J connectivity index is 2.16. The summed E-state index contributed by atoms with van der Waals surface area (Å²) >= 11 is 0. The van der Waals surface area contributed by atoms with E-state index in [1.165, 1.54) is 51.4 Å². The largest absolute Gasteiger partial charge is 0.441 e. The van der Waals surface area contributed by atoms with E-state index in [0.29, 0.717) is 123 Å². The molecular weight excluding hydrogens is 812 g/mol. The summed E-state index contributed by atoms with van der Waals surface area (Å²) in [5.41, 5.74) is 0. The highest BCUT2D eigenvalue weighted by molar-refractivity contribution is 6.01. The van der Waals surface area contributed by atoms with E-state index in [1.54, 1.807) is 0 Å². The molecule has 1 heterocycles. The summed E-state index contributed by atoms with van der Waals surface area (Å²) in [5.74, 6) is -1.68. The van der Waals surface area contributed by atoms with Gasteiger partial charge in [-0.2, -0.15) is 0 Å². The maximum absolute atomic E-state index is 12.6. The number of nitrogens with one attached hydrogen (secondary N) is 1. The van der Waals surface area contributed by atoms with Gasteiger partial charge in [-0.05, 0) is 25.7 Å². The minimum Gasteiger partial charge on any atom is -0.441 e. The quantitative estimate of drug-likeness (QED) is 0.0606. The zero-order chi connectivity index (χ0) is 44.8. The summed E-state index contributed by atoms with van der Waals surface area (Å²) in [5, 5.41) is 3.24. The highest BCUT2D eigenvalue weighted by Crippen LogP contribution is 2.13. The lowest BCUT2D eigenvalue weighted by Crippen LogP contribution is -2.35. The Hall–Kier alpha value is -2.52.